The van der Waals surface area contributed by atoms with Gasteiger partial charge in [0.05, 0.1) is 11.1 Å². The maximum absolute atomic E-state index is 13.0. The number of thiazole rings is 1. The van der Waals surface area contributed by atoms with E-state index in [9.17, 15) is 13.2 Å². The Hall–Kier alpha value is -1.41. The van der Waals surface area contributed by atoms with E-state index >= 15 is 0 Å². The van der Waals surface area contributed by atoms with Gasteiger partial charge in [-0.15, -0.1) is 11.3 Å². The van der Waals surface area contributed by atoms with E-state index < -0.39 is 11.9 Å². The smallest absolute Gasteiger partial charge is 0.309 e. The zero-order valence-electron chi connectivity index (χ0n) is 10.7. The quantitative estimate of drug-likeness (QED) is 0.944. The molecule has 4 nitrogen and oxygen atoms in total. The van der Waals surface area contributed by atoms with Gasteiger partial charge in [0.1, 0.15) is 5.01 Å². The van der Waals surface area contributed by atoms with E-state index in [1.807, 2.05) is 0 Å². The third-order valence-electron chi connectivity index (χ3n) is 3.05. The number of halogens is 3. The fraction of sp³-hybridized carbons (Fsp3) is 0.500. The number of hydrogen-bond donors (Lipinski definition) is 1. The number of rotatable bonds is 4. The van der Waals surface area contributed by atoms with Gasteiger partial charge in [-0.2, -0.15) is 18.3 Å². The molecule has 1 fully saturated rings. The summed E-state index contributed by atoms with van der Waals surface area (Å²) in [7, 11) is 1.72. The van der Waals surface area contributed by atoms with Crippen LogP contribution in [0.4, 0.5) is 13.2 Å². The maximum Gasteiger partial charge on any atom is 0.434 e. The van der Waals surface area contributed by atoms with E-state index in [-0.39, 0.29) is 11.4 Å². The number of hydrogen-bond acceptors (Lipinski definition) is 4. The van der Waals surface area contributed by atoms with Crippen LogP contribution < -0.4 is 5.32 Å². The van der Waals surface area contributed by atoms with Gasteiger partial charge in [-0.05, 0) is 12.8 Å². The predicted octanol–water partition coefficient (Wildman–Crippen LogP) is 2.81. The molecule has 1 N–H and O–H groups in total. The van der Waals surface area contributed by atoms with Crippen molar-refractivity contribution in [3.05, 3.63) is 23.0 Å². The highest BCUT2D eigenvalue weighted by molar-refractivity contribution is 7.15. The molecule has 0 aromatic carbocycles. The molecule has 20 heavy (non-hydrogen) atoms. The first-order valence-electron chi connectivity index (χ1n) is 6.23. The summed E-state index contributed by atoms with van der Waals surface area (Å²) in [5.41, 5.74) is -0.171. The summed E-state index contributed by atoms with van der Waals surface area (Å²) in [6.07, 6.45) is 0.844. The first-order valence-corrected chi connectivity index (χ1v) is 7.04. The van der Waals surface area contributed by atoms with Crippen LogP contribution in [0.15, 0.2) is 12.4 Å². The average Bonchev–Trinajstić information content (AvgIpc) is 2.91. The van der Waals surface area contributed by atoms with Crippen molar-refractivity contribution < 1.29 is 13.2 Å². The Kier molecular flexibility index (Phi) is 3.29. The van der Waals surface area contributed by atoms with Crippen LogP contribution in [0.3, 0.4) is 0 Å². The zero-order chi connectivity index (χ0) is 14.3. The third-order valence-corrected chi connectivity index (χ3v) is 4.15. The SMILES string of the molecule is Cn1cc(-c2nc(C(F)(F)F)c(CNC3CC3)s2)cn1. The number of nitrogens with one attached hydrogen (secondary N) is 1. The van der Waals surface area contributed by atoms with Crippen molar-refractivity contribution in [2.45, 2.75) is 31.6 Å². The van der Waals surface area contributed by atoms with E-state index in [0.717, 1.165) is 24.2 Å². The van der Waals surface area contributed by atoms with Crippen molar-refractivity contribution in [3.63, 3.8) is 0 Å². The summed E-state index contributed by atoms with van der Waals surface area (Å²) >= 11 is 1.08. The molecule has 2 heterocycles. The van der Waals surface area contributed by atoms with Crippen LogP contribution in [-0.2, 0) is 19.8 Å². The summed E-state index contributed by atoms with van der Waals surface area (Å²) < 4.78 is 40.6. The normalized spacial score (nSPS) is 15.8. The maximum atomic E-state index is 13.0. The minimum atomic E-state index is -4.42. The van der Waals surface area contributed by atoms with Gasteiger partial charge < -0.3 is 5.32 Å². The monoisotopic (exact) mass is 302 g/mol. The Balaban J connectivity index is 1.91. The molecular formula is C12H13F3N4S. The fourth-order valence-electron chi connectivity index (χ4n) is 1.87. The Morgan fingerprint density at radius 3 is 2.75 bits per heavy atom. The van der Waals surface area contributed by atoms with Crippen molar-refractivity contribution >= 4 is 11.3 Å². The molecule has 0 spiro atoms. The summed E-state index contributed by atoms with van der Waals surface area (Å²) in [5.74, 6) is 0. The second-order valence-electron chi connectivity index (χ2n) is 4.85. The standard InChI is InChI=1S/C12H13F3N4S/c1-19-6-7(4-17-19)11-18-10(12(13,14)15)9(20-11)5-16-8-2-3-8/h4,6,8,16H,2-3,5H2,1H3. The molecule has 8 heteroatoms. The lowest BCUT2D eigenvalue weighted by molar-refractivity contribution is -0.141. The molecule has 0 saturated heterocycles. The highest BCUT2D eigenvalue weighted by Gasteiger charge is 2.38. The van der Waals surface area contributed by atoms with Gasteiger partial charge in [-0.25, -0.2) is 4.98 Å². The van der Waals surface area contributed by atoms with E-state index in [1.165, 1.54) is 6.20 Å². The van der Waals surface area contributed by atoms with Crippen LogP contribution in [-0.4, -0.2) is 20.8 Å². The number of nitrogens with zero attached hydrogens (tertiary/aromatic N) is 3. The average molecular weight is 302 g/mol. The van der Waals surface area contributed by atoms with Gasteiger partial charge >= 0.3 is 6.18 Å². The fourth-order valence-corrected chi connectivity index (χ4v) is 2.88. The van der Waals surface area contributed by atoms with Crippen molar-refractivity contribution in [2.24, 2.45) is 7.05 Å². The summed E-state index contributed by atoms with van der Waals surface area (Å²) in [6.45, 7) is 0.220. The zero-order valence-corrected chi connectivity index (χ0v) is 11.6. The second-order valence-corrected chi connectivity index (χ2v) is 5.93. The minimum Gasteiger partial charge on any atom is -0.309 e. The Morgan fingerprint density at radius 1 is 1.45 bits per heavy atom. The molecule has 1 aliphatic rings. The first-order chi connectivity index (χ1) is 9.43. The molecule has 0 radical (unpaired) electrons. The molecular weight excluding hydrogens is 289 g/mol. The topological polar surface area (TPSA) is 42.7 Å². The molecule has 0 unspecified atom stereocenters. The third kappa shape index (κ3) is 2.85. The molecule has 3 rings (SSSR count). The van der Waals surface area contributed by atoms with Crippen LogP contribution in [0, 0.1) is 0 Å². The Morgan fingerprint density at radius 2 is 2.20 bits per heavy atom. The van der Waals surface area contributed by atoms with Gasteiger partial charge in [0.25, 0.3) is 0 Å². The largest absolute Gasteiger partial charge is 0.434 e. The molecule has 108 valence electrons. The van der Waals surface area contributed by atoms with E-state index in [2.05, 4.69) is 15.4 Å². The van der Waals surface area contributed by atoms with Crippen molar-refractivity contribution in [3.8, 4) is 10.6 Å². The molecule has 1 saturated carbocycles. The van der Waals surface area contributed by atoms with Gasteiger partial charge in [-0.3, -0.25) is 4.68 Å². The Bertz CT molecular complexity index is 612. The summed E-state index contributed by atoms with van der Waals surface area (Å²) in [6, 6.07) is 0.361. The molecule has 0 aliphatic heterocycles. The van der Waals surface area contributed by atoms with Gasteiger partial charge in [0.15, 0.2) is 5.69 Å². The number of alkyl halides is 3. The summed E-state index contributed by atoms with van der Waals surface area (Å²) in [4.78, 5) is 4.00. The van der Waals surface area contributed by atoms with Crippen molar-refractivity contribution in [2.75, 3.05) is 0 Å². The van der Waals surface area contributed by atoms with E-state index in [0.29, 0.717) is 16.6 Å². The molecule has 2 aromatic heterocycles. The van der Waals surface area contributed by atoms with Crippen LogP contribution in [0.5, 0.6) is 0 Å². The second kappa shape index (κ2) is 4.85. The first kappa shape index (κ1) is 13.6. The predicted molar refractivity (Wildman–Crippen MR) is 69.2 cm³/mol. The van der Waals surface area contributed by atoms with Crippen LogP contribution in [0.1, 0.15) is 23.4 Å². The molecule has 2 aromatic rings. The molecule has 0 bridgehead atoms. The van der Waals surface area contributed by atoms with E-state index in [1.54, 1.807) is 17.9 Å². The summed E-state index contributed by atoms with van der Waals surface area (Å²) in [5, 5.41) is 7.43. The highest BCUT2D eigenvalue weighted by Crippen LogP contribution is 2.37. The number of aromatic nitrogens is 3. The highest BCUT2D eigenvalue weighted by atomic mass is 32.1. The number of aryl methyl sites for hydroxylation is 1. The van der Waals surface area contributed by atoms with Crippen LogP contribution >= 0.6 is 11.3 Å². The van der Waals surface area contributed by atoms with Crippen molar-refractivity contribution in [1.29, 1.82) is 0 Å². The lowest BCUT2D eigenvalue weighted by Gasteiger charge is -2.06. The molecule has 0 atom stereocenters. The van der Waals surface area contributed by atoms with Crippen LogP contribution in [0.2, 0.25) is 0 Å². The van der Waals surface area contributed by atoms with Gasteiger partial charge in [0, 0.05) is 31.4 Å². The van der Waals surface area contributed by atoms with Crippen LogP contribution in [0.25, 0.3) is 10.6 Å². The van der Waals surface area contributed by atoms with Gasteiger partial charge in [0.2, 0.25) is 0 Å². The van der Waals surface area contributed by atoms with E-state index in [4.69, 9.17) is 0 Å². The molecule has 0 amide bonds. The molecule has 1 aliphatic carbocycles. The minimum absolute atomic E-state index is 0.220. The Labute approximate surface area is 117 Å². The lowest BCUT2D eigenvalue weighted by atomic mass is 10.3. The lowest BCUT2D eigenvalue weighted by Crippen LogP contribution is -2.18. The van der Waals surface area contributed by atoms with Gasteiger partial charge in [-0.1, -0.05) is 0 Å². The van der Waals surface area contributed by atoms with Crippen molar-refractivity contribution in [1.82, 2.24) is 20.1 Å².